The van der Waals surface area contributed by atoms with E-state index in [2.05, 4.69) is 10.5 Å². The standard InChI is InChI=1S/C16H21N3O2S2.ClH/c1-17-12-4-2-6-19(9-12)16(20)11-22-10-13-8-14(21-18-13)15-5-3-7-23-15;/h3,5,7-8,12,17H,2,4,6,9-11H2,1H3;1H. The molecule has 1 aliphatic heterocycles. The van der Waals surface area contributed by atoms with Crippen molar-refractivity contribution in [3.63, 3.8) is 0 Å². The van der Waals surface area contributed by atoms with Crippen molar-refractivity contribution >= 4 is 41.4 Å². The summed E-state index contributed by atoms with van der Waals surface area (Å²) in [4.78, 5) is 15.3. The first kappa shape index (κ1) is 19.3. The highest BCUT2D eigenvalue weighted by Crippen LogP contribution is 2.26. The maximum Gasteiger partial charge on any atom is 0.232 e. The molecule has 132 valence electrons. The van der Waals surface area contributed by atoms with Gasteiger partial charge in [0.15, 0.2) is 5.76 Å². The van der Waals surface area contributed by atoms with Crippen LogP contribution in [0.3, 0.4) is 0 Å². The van der Waals surface area contributed by atoms with Gasteiger partial charge in [-0.2, -0.15) is 0 Å². The van der Waals surface area contributed by atoms with E-state index in [1.807, 2.05) is 35.5 Å². The summed E-state index contributed by atoms with van der Waals surface area (Å²) in [6.07, 6.45) is 2.23. The van der Waals surface area contributed by atoms with Gasteiger partial charge in [0.2, 0.25) is 5.91 Å². The molecule has 3 heterocycles. The van der Waals surface area contributed by atoms with Crippen LogP contribution in [0.4, 0.5) is 0 Å². The molecule has 2 aromatic heterocycles. The topological polar surface area (TPSA) is 58.4 Å². The first-order valence-corrected chi connectivity index (χ1v) is 9.82. The fourth-order valence-electron chi connectivity index (χ4n) is 2.69. The van der Waals surface area contributed by atoms with Crippen LogP contribution in [0.25, 0.3) is 10.6 Å². The molecule has 0 aliphatic carbocycles. The summed E-state index contributed by atoms with van der Waals surface area (Å²) in [5.74, 6) is 2.22. The number of aromatic nitrogens is 1. The third-order valence-electron chi connectivity index (χ3n) is 3.98. The Morgan fingerprint density at radius 1 is 1.58 bits per heavy atom. The van der Waals surface area contributed by atoms with Crippen molar-refractivity contribution in [1.82, 2.24) is 15.4 Å². The van der Waals surface area contributed by atoms with Gasteiger partial charge >= 0.3 is 0 Å². The number of amides is 1. The zero-order chi connectivity index (χ0) is 16.1. The largest absolute Gasteiger partial charge is 0.355 e. The SMILES string of the molecule is CNC1CCCN(C(=O)CSCc2cc(-c3cccs3)on2)C1.Cl. The lowest BCUT2D eigenvalue weighted by Gasteiger charge is -2.32. The van der Waals surface area contributed by atoms with E-state index in [1.54, 1.807) is 23.1 Å². The summed E-state index contributed by atoms with van der Waals surface area (Å²) in [7, 11) is 1.96. The number of hydrogen-bond donors (Lipinski definition) is 1. The zero-order valence-electron chi connectivity index (χ0n) is 13.6. The van der Waals surface area contributed by atoms with Crippen LogP contribution in [0.1, 0.15) is 18.5 Å². The van der Waals surface area contributed by atoms with Gasteiger partial charge in [-0.15, -0.1) is 35.5 Å². The summed E-state index contributed by atoms with van der Waals surface area (Å²) in [5, 5.41) is 9.36. The van der Waals surface area contributed by atoms with Crippen LogP contribution in [0.2, 0.25) is 0 Å². The Morgan fingerprint density at radius 3 is 3.21 bits per heavy atom. The lowest BCUT2D eigenvalue weighted by Crippen LogP contribution is -2.47. The van der Waals surface area contributed by atoms with E-state index in [4.69, 9.17) is 4.52 Å². The van der Waals surface area contributed by atoms with E-state index < -0.39 is 0 Å². The van der Waals surface area contributed by atoms with Crippen LogP contribution in [0.5, 0.6) is 0 Å². The normalized spacial score (nSPS) is 17.5. The van der Waals surface area contributed by atoms with Crippen molar-refractivity contribution in [2.75, 3.05) is 25.9 Å². The van der Waals surface area contributed by atoms with Crippen molar-refractivity contribution in [2.45, 2.75) is 24.6 Å². The van der Waals surface area contributed by atoms with Crippen LogP contribution in [-0.2, 0) is 10.5 Å². The Hall–Kier alpha value is -1.02. The third-order valence-corrected chi connectivity index (χ3v) is 5.82. The molecule has 2 aromatic rings. The molecule has 0 spiro atoms. The molecule has 3 rings (SSSR count). The Bertz CT molecular complexity index is 633. The summed E-state index contributed by atoms with van der Waals surface area (Å²) in [5.41, 5.74) is 0.887. The molecule has 24 heavy (non-hydrogen) atoms. The minimum atomic E-state index is 0. The maximum absolute atomic E-state index is 12.3. The molecule has 0 radical (unpaired) electrons. The van der Waals surface area contributed by atoms with Gasteiger partial charge < -0.3 is 14.7 Å². The summed E-state index contributed by atoms with van der Waals surface area (Å²) in [6.45, 7) is 1.70. The first-order valence-electron chi connectivity index (χ1n) is 7.78. The number of carbonyl (C=O) groups excluding carboxylic acids is 1. The average molecular weight is 388 g/mol. The van der Waals surface area contributed by atoms with E-state index in [0.29, 0.717) is 17.5 Å². The fraction of sp³-hybridized carbons (Fsp3) is 0.500. The van der Waals surface area contributed by atoms with Crippen molar-refractivity contribution in [2.24, 2.45) is 0 Å². The molecule has 1 aliphatic rings. The molecule has 1 atom stereocenters. The van der Waals surface area contributed by atoms with E-state index in [1.165, 1.54) is 0 Å². The smallest absolute Gasteiger partial charge is 0.232 e. The second-order valence-corrected chi connectivity index (χ2v) is 7.55. The predicted molar refractivity (Wildman–Crippen MR) is 102 cm³/mol. The summed E-state index contributed by atoms with van der Waals surface area (Å²) in [6, 6.07) is 6.40. The van der Waals surface area contributed by atoms with Gasteiger partial charge in [-0.25, -0.2) is 0 Å². The van der Waals surface area contributed by atoms with E-state index >= 15 is 0 Å². The number of nitrogens with one attached hydrogen (secondary N) is 1. The zero-order valence-corrected chi connectivity index (χ0v) is 16.0. The van der Waals surface area contributed by atoms with Gasteiger partial charge in [-0.1, -0.05) is 11.2 Å². The number of halogens is 1. The van der Waals surface area contributed by atoms with Crippen LogP contribution < -0.4 is 5.32 Å². The van der Waals surface area contributed by atoms with Crippen molar-refractivity contribution in [3.05, 3.63) is 29.3 Å². The second-order valence-electron chi connectivity index (χ2n) is 5.62. The van der Waals surface area contributed by atoms with Crippen molar-refractivity contribution < 1.29 is 9.32 Å². The van der Waals surface area contributed by atoms with Gasteiger partial charge in [-0.05, 0) is 31.3 Å². The number of rotatable bonds is 6. The number of carbonyl (C=O) groups is 1. The highest BCUT2D eigenvalue weighted by Gasteiger charge is 2.22. The Kier molecular flexibility index (Phi) is 7.61. The first-order chi connectivity index (χ1) is 11.3. The number of thioether (sulfide) groups is 1. The lowest BCUT2D eigenvalue weighted by atomic mass is 10.1. The number of piperidine rings is 1. The molecule has 0 aromatic carbocycles. The summed E-state index contributed by atoms with van der Waals surface area (Å²) >= 11 is 3.23. The van der Waals surface area contributed by atoms with E-state index in [0.717, 1.165) is 42.3 Å². The molecular formula is C16H22ClN3O2S2. The molecule has 5 nitrogen and oxygen atoms in total. The highest BCUT2D eigenvalue weighted by atomic mass is 35.5. The minimum Gasteiger partial charge on any atom is -0.355 e. The highest BCUT2D eigenvalue weighted by molar-refractivity contribution is 7.99. The maximum atomic E-state index is 12.3. The number of likely N-dealkylation sites (tertiary alicyclic amines) is 1. The number of hydrogen-bond acceptors (Lipinski definition) is 6. The van der Waals surface area contributed by atoms with Gasteiger partial charge in [0.25, 0.3) is 0 Å². The molecule has 1 amide bonds. The van der Waals surface area contributed by atoms with Crippen LogP contribution in [-0.4, -0.2) is 47.9 Å². The molecule has 8 heteroatoms. The van der Waals surface area contributed by atoms with Crippen LogP contribution in [0, 0.1) is 0 Å². The second kappa shape index (κ2) is 9.46. The lowest BCUT2D eigenvalue weighted by molar-refractivity contribution is -0.129. The quantitative estimate of drug-likeness (QED) is 0.824. The van der Waals surface area contributed by atoms with E-state index in [-0.39, 0.29) is 18.3 Å². The third kappa shape index (κ3) is 4.99. The monoisotopic (exact) mass is 387 g/mol. The fourth-order valence-corrected chi connectivity index (χ4v) is 4.17. The Labute approximate surface area is 156 Å². The Balaban J connectivity index is 0.00000208. The molecule has 1 fully saturated rings. The molecule has 0 saturated carbocycles. The minimum absolute atomic E-state index is 0. The van der Waals surface area contributed by atoms with Gasteiger partial charge in [0, 0.05) is 31.0 Å². The van der Waals surface area contributed by atoms with Gasteiger partial charge in [0.05, 0.1) is 16.3 Å². The number of nitrogens with zero attached hydrogens (tertiary/aromatic N) is 2. The Morgan fingerprint density at radius 2 is 2.46 bits per heavy atom. The van der Waals surface area contributed by atoms with Crippen LogP contribution in [0.15, 0.2) is 28.1 Å². The van der Waals surface area contributed by atoms with Gasteiger partial charge in [-0.3, -0.25) is 4.79 Å². The molecular weight excluding hydrogens is 366 g/mol. The molecule has 1 N–H and O–H groups in total. The number of thiophene rings is 1. The summed E-state index contributed by atoms with van der Waals surface area (Å²) < 4.78 is 5.35. The predicted octanol–water partition coefficient (Wildman–Crippen LogP) is 3.27. The van der Waals surface area contributed by atoms with E-state index in [9.17, 15) is 4.79 Å². The van der Waals surface area contributed by atoms with Gasteiger partial charge in [0.1, 0.15) is 0 Å². The van der Waals surface area contributed by atoms with Crippen molar-refractivity contribution in [1.29, 1.82) is 0 Å². The molecule has 1 unspecified atom stereocenters. The van der Waals surface area contributed by atoms with Crippen LogP contribution >= 0.6 is 35.5 Å². The molecule has 1 saturated heterocycles. The average Bonchev–Trinajstić information content (AvgIpc) is 3.26. The molecule has 0 bridgehead atoms. The van der Waals surface area contributed by atoms with Crippen molar-refractivity contribution in [3.8, 4) is 10.6 Å². The number of likely N-dealkylation sites (N-methyl/N-ethyl adjacent to an activating group) is 1.